The van der Waals surface area contributed by atoms with E-state index < -0.39 is 0 Å². The second-order valence-electron chi connectivity index (χ2n) is 2.85. The molecule has 0 aliphatic heterocycles. The predicted molar refractivity (Wildman–Crippen MR) is 54.4 cm³/mol. The highest BCUT2D eigenvalue weighted by atomic mass is 32.1. The SMILES string of the molecule is O=C(Cc1cnns1)c1ccccc1. The maximum atomic E-state index is 11.7. The molecular formula is C10H8N2OS. The van der Waals surface area contributed by atoms with Gasteiger partial charge in [0, 0.05) is 12.0 Å². The Morgan fingerprint density at radius 1 is 1.29 bits per heavy atom. The van der Waals surface area contributed by atoms with Crippen LogP contribution in [0, 0.1) is 0 Å². The van der Waals surface area contributed by atoms with Crippen molar-refractivity contribution in [3.8, 4) is 0 Å². The van der Waals surface area contributed by atoms with Gasteiger partial charge in [-0.25, -0.2) is 0 Å². The molecule has 1 aromatic heterocycles. The van der Waals surface area contributed by atoms with Gasteiger partial charge in [-0.3, -0.25) is 4.79 Å². The van der Waals surface area contributed by atoms with Gasteiger partial charge in [0.1, 0.15) is 0 Å². The zero-order valence-electron chi connectivity index (χ0n) is 7.38. The first kappa shape index (κ1) is 9.02. The van der Waals surface area contributed by atoms with Crippen LogP contribution in [0.4, 0.5) is 0 Å². The molecule has 0 radical (unpaired) electrons. The van der Waals surface area contributed by atoms with Gasteiger partial charge in [0.05, 0.1) is 11.1 Å². The molecule has 0 N–H and O–H groups in total. The first-order valence-electron chi connectivity index (χ1n) is 4.21. The van der Waals surface area contributed by atoms with E-state index in [1.54, 1.807) is 6.20 Å². The summed E-state index contributed by atoms with van der Waals surface area (Å²) in [6.45, 7) is 0. The van der Waals surface area contributed by atoms with E-state index in [-0.39, 0.29) is 5.78 Å². The monoisotopic (exact) mass is 204 g/mol. The van der Waals surface area contributed by atoms with Gasteiger partial charge < -0.3 is 0 Å². The average molecular weight is 204 g/mol. The summed E-state index contributed by atoms with van der Waals surface area (Å²) in [6.07, 6.45) is 2.02. The first-order valence-corrected chi connectivity index (χ1v) is 4.98. The molecule has 14 heavy (non-hydrogen) atoms. The van der Waals surface area contributed by atoms with Crippen LogP contribution in [0.1, 0.15) is 15.2 Å². The van der Waals surface area contributed by atoms with Crippen LogP contribution < -0.4 is 0 Å². The number of hydrogen-bond acceptors (Lipinski definition) is 4. The fourth-order valence-electron chi connectivity index (χ4n) is 1.15. The fraction of sp³-hybridized carbons (Fsp3) is 0.100. The number of aromatic nitrogens is 2. The van der Waals surface area contributed by atoms with Gasteiger partial charge in [0.15, 0.2) is 5.78 Å². The summed E-state index contributed by atoms with van der Waals surface area (Å²) in [6, 6.07) is 9.24. The molecule has 0 unspecified atom stereocenters. The number of nitrogens with zero attached hydrogens (tertiary/aromatic N) is 2. The maximum absolute atomic E-state index is 11.7. The molecule has 0 saturated heterocycles. The Hall–Kier alpha value is -1.55. The van der Waals surface area contributed by atoms with Gasteiger partial charge in [-0.05, 0) is 11.5 Å². The van der Waals surface area contributed by atoms with Crippen LogP contribution in [0.3, 0.4) is 0 Å². The van der Waals surface area contributed by atoms with Gasteiger partial charge in [-0.15, -0.1) is 5.10 Å². The topological polar surface area (TPSA) is 42.9 Å². The third-order valence-corrected chi connectivity index (χ3v) is 2.50. The second-order valence-corrected chi connectivity index (χ2v) is 3.72. The van der Waals surface area contributed by atoms with E-state index >= 15 is 0 Å². The van der Waals surface area contributed by atoms with E-state index in [4.69, 9.17) is 0 Å². The minimum atomic E-state index is 0.108. The van der Waals surface area contributed by atoms with Gasteiger partial charge in [-0.1, -0.05) is 34.8 Å². The van der Waals surface area contributed by atoms with E-state index in [1.807, 2.05) is 30.3 Å². The quantitative estimate of drug-likeness (QED) is 0.718. The second kappa shape index (κ2) is 4.11. The Labute approximate surface area is 85.6 Å². The van der Waals surface area contributed by atoms with Crippen molar-refractivity contribution in [3.05, 3.63) is 47.0 Å². The van der Waals surface area contributed by atoms with Crippen molar-refractivity contribution < 1.29 is 4.79 Å². The van der Waals surface area contributed by atoms with E-state index in [2.05, 4.69) is 9.59 Å². The summed E-state index contributed by atoms with van der Waals surface area (Å²) in [5.41, 5.74) is 0.737. The third-order valence-electron chi connectivity index (χ3n) is 1.84. The van der Waals surface area contributed by atoms with Crippen LogP contribution in [0.5, 0.6) is 0 Å². The summed E-state index contributed by atoms with van der Waals surface area (Å²) < 4.78 is 3.71. The van der Waals surface area contributed by atoms with Gasteiger partial charge in [0.2, 0.25) is 0 Å². The minimum absolute atomic E-state index is 0.108. The molecule has 0 saturated carbocycles. The number of ketones is 1. The Morgan fingerprint density at radius 2 is 2.07 bits per heavy atom. The number of carbonyl (C=O) groups is 1. The van der Waals surface area contributed by atoms with E-state index in [9.17, 15) is 4.79 Å². The molecule has 0 atom stereocenters. The molecule has 1 aromatic carbocycles. The van der Waals surface area contributed by atoms with Gasteiger partial charge in [-0.2, -0.15) is 0 Å². The highest BCUT2D eigenvalue weighted by Crippen LogP contribution is 2.08. The molecular weight excluding hydrogens is 196 g/mol. The molecule has 0 bridgehead atoms. The van der Waals surface area contributed by atoms with Gasteiger partial charge in [0.25, 0.3) is 0 Å². The smallest absolute Gasteiger partial charge is 0.168 e. The molecule has 0 aliphatic carbocycles. The van der Waals surface area contributed by atoms with Crippen molar-refractivity contribution in [2.24, 2.45) is 0 Å². The van der Waals surface area contributed by atoms with E-state index in [0.717, 1.165) is 10.4 Å². The molecule has 0 aliphatic rings. The lowest BCUT2D eigenvalue weighted by Gasteiger charge is -1.96. The van der Waals surface area contributed by atoms with Crippen molar-refractivity contribution in [2.75, 3.05) is 0 Å². The summed E-state index contributed by atoms with van der Waals surface area (Å²) in [7, 11) is 0. The zero-order chi connectivity index (χ0) is 9.80. The number of hydrogen-bond donors (Lipinski definition) is 0. The third kappa shape index (κ3) is 2.03. The lowest BCUT2D eigenvalue weighted by Crippen LogP contribution is -2.01. The molecule has 2 aromatic rings. The Kier molecular flexibility index (Phi) is 2.65. The molecule has 0 fully saturated rings. The molecule has 3 nitrogen and oxygen atoms in total. The molecule has 0 spiro atoms. The standard InChI is InChI=1S/C10H8N2OS/c13-10(6-9-7-11-12-14-9)8-4-2-1-3-5-8/h1-5,7H,6H2. The normalized spacial score (nSPS) is 10.0. The first-order chi connectivity index (χ1) is 6.86. The average Bonchev–Trinajstić information content (AvgIpc) is 2.72. The number of rotatable bonds is 3. The highest BCUT2D eigenvalue weighted by molar-refractivity contribution is 7.05. The van der Waals surface area contributed by atoms with Crippen molar-refractivity contribution in [1.82, 2.24) is 9.59 Å². The minimum Gasteiger partial charge on any atom is -0.294 e. The van der Waals surface area contributed by atoms with Crippen molar-refractivity contribution in [1.29, 1.82) is 0 Å². The van der Waals surface area contributed by atoms with Crippen LogP contribution >= 0.6 is 11.5 Å². The Morgan fingerprint density at radius 3 is 2.71 bits per heavy atom. The highest BCUT2D eigenvalue weighted by Gasteiger charge is 2.07. The van der Waals surface area contributed by atoms with Crippen LogP contribution in [-0.4, -0.2) is 15.4 Å². The summed E-state index contributed by atoms with van der Waals surface area (Å²) >= 11 is 1.26. The zero-order valence-corrected chi connectivity index (χ0v) is 8.20. The number of benzene rings is 1. The summed E-state index contributed by atoms with van der Waals surface area (Å²) in [5, 5.41) is 3.69. The Bertz CT molecular complexity index is 411. The van der Waals surface area contributed by atoms with Crippen LogP contribution in [0.2, 0.25) is 0 Å². The predicted octanol–water partition coefficient (Wildman–Crippen LogP) is 1.96. The van der Waals surface area contributed by atoms with Crippen LogP contribution in [0.25, 0.3) is 0 Å². The lowest BCUT2D eigenvalue weighted by molar-refractivity contribution is 0.0994. The van der Waals surface area contributed by atoms with Crippen molar-refractivity contribution >= 4 is 17.3 Å². The van der Waals surface area contributed by atoms with Gasteiger partial charge >= 0.3 is 0 Å². The molecule has 4 heteroatoms. The largest absolute Gasteiger partial charge is 0.294 e. The lowest BCUT2D eigenvalue weighted by atomic mass is 10.1. The fourth-order valence-corrected chi connectivity index (χ4v) is 1.64. The van der Waals surface area contributed by atoms with Crippen molar-refractivity contribution in [3.63, 3.8) is 0 Å². The van der Waals surface area contributed by atoms with Crippen LogP contribution in [-0.2, 0) is 6.42 Å². The summed E-state index contributed by atoms with van der Waals surface area (Å²) in [4.78, 5) is 12.6. The molecule has 0 amide bonds. The van der Waals surface area contributed by atoms with Crippen molar-refractivity contribution in [2.45, 2.75) is 6.42 Å². The van der Waals surface area contributed by atoms with E-state index in [0.29, 0.717) is 6.42 Å². The van der Waals surface area contributed by atoms with E-state index in [1.165, 1.54) is 11.5 Å². The summed E-state index contributed by atoms with van der Waals surface area (Å²) in [5.74, 6) is 0.108. The number of Topliss-reactive ketones (excluding diaryl/α,β-unsaturated/α-hetero) is 1. The maximum Gasteiger partial charge on any atom is 0.168 e. The Balaban J connectivity index is 2.11. The molecule has 70 valence electrons. The molecule has 1 heterocycles. The molecule has 2 rings (SSSR count). The van der Waals surface area contributed by atoms with Crippen LogP contribution in [0.15, 0.2) is 36.5 Å². The number of carbonyl (C=O) groups excluding carboxylic acids is 1.